The lowest BCUT2D eigenvalue weighted by atomic mass is 10.0. The Labute approximate surface area is 172 Å². The zero-order valence-corrected chi connectivity index (χ0v) is 17.0. The number of carbonyl (C=O) groups is 1. The highest BCUT2D eigenvalue weighted by molar-refractivity contribution is 6.04. The van der Waals surface area contributed by atoms with Gasteiger partial charge in [0.25, 0.3) is 5.91 Å². The molecule has 0 spiro atoms. The number of rotatable bonds is 6. The van der Waals surface area contributed by atoms with Gasteiger partial charge in [-0.15, -0.1) is 0 Å². The van der Waals surface area contributed by atoms with E-state index in [2.05, 4.69) is 45.2 Å². The van der Waals surface area contributed by atoms with Crippen LogP contribution in [0.2, 0.25) is 0 Å². The van der Waals surface area contributed by atoms with Crippen LogP contribution in [0.4, 0.5) is 0 Å². The summed E-state index contributed by atoms with van der Waals surface area (Å²) in [5, 5.41) is 0. The maximum absolute atomic E-state index is 13.2. The van der Waals surface area contributed by atoms with Crippen LogP contribution < -0.4 is 0 Å². The molecule has 1 unspecified atom stereocenters. The topological polar surface area (TPSA) is 49.3 Å². The van der Waals surface area contributed by atoms with Crippen molar-refractivity contribution in [3.63, 3.8) is 0 Å². The van der Waals surface area contributed by atoms with Gasteiger partial charge in [-0.25, -0.2) is 0 Å². The molecule has 1 atom stereocenters. The molecule has 3 aromatic rings. The Bertz CT molecular complexity index is 954. The highest BCUT2D eigenvalue weighted by Crippen LogP contribution is 2.21. The molecule has 1 aliphatic rings. The predicted molar refractivity (Wildman–Crippen MR) is 116 cm³/mol. The predicted octanol–water partition coefficient (Wildman–Crippen LogP) is 3.80. The Hall–Kier alpha value is -2.79. The van der Waals surface area contributed by atoms with Gasteiger partial charge in [0.05, 0.1) is 11.1 Å². The molecule has 5 nitrogen and oxygen atoms in total. The van der Waals surface area contributed by atoms with Gasteiger partial charge in [0, 0.05) is 32.0 Å². The van der Waals surface area contributed by atoms with Crippen molar-refractivity contribution in [3.8, 4) is 0 Å². The third kappa shape index (κ3) is 4.62. The van der Waals surface area contributed by atoms with E-state index in [1.54, 1.807) is 12.4 Å². The van der Waals surface area contributed by atoms with Crippen LogP contribution in [0.15, 0.2) is 60.9 Å². The van der Waals surface area contributed by atoms with Gasteiger partial charge < -0.3 is 9.80 Å². The number of amides is 1. The number of likely N-dealkylation sites (tertiary alicyclic amines) is 1. The first-order chi connectivity index (χ1) is 14.2. The van der Waals surface area contributed by atoms with E-state index in [1.807, 2.05) is 30.1 Å². The molecule has 2 aromatic carbocycles. The summed E-state index contributed by atoms with van der Waals surface area (Å²) in [6, 6.07) is 16.5. The second kappa shape index (κ2) is 9.14. The van der Waals surface area contributed by atoms with E-state index in [9.17, 15) is 4.79 Å². The molecule has 29 heavy (non-hydrogen) atoms. The largest absolute Gasteiger partial charge is 0.337 e. The van der Waals surface area contributed by atoms with E-state index < -0.39 is 0 Å². The van der Waals surface area contributed by atoms with Crippen molar-refractivity contribution in [1.82, 2.24) is 19.8 Å². The van der Waals surface area contributed by atoms with Gasteiger partial charge in [-0.3, -0.25) is 14.8 Å². The molecule has 1 aromatic heterocycles. The van der Waals surface area contributed by atoms with Crippen LogP contribution >= 0.6 is 0 Å². The Morgan fingerprint density at radius 1 is 1.10 bits per heavy atom. The Kier molecular flexibility index (Phi) is 6.15. The maximum atomic E-state index is 13.2. The number of carbonyl (C=O) groups excluding carboxylic acids is 1. The summed E-state index contributed by atoms with van der Waals surface area (Å²) < 4.78 is 0. The third-order valence-electron chi connectivity index (χ3n) is 5.86. The smallest absolute Gasteiger partial charge is 0.256 e. The molecular weight excluding hydrogens is 360 g/mol. The standard InChI is InChI=1S/C24H28N4O/c1-27(24(29)21-12-5-13-22-23(21)26-15-14-25-22)20-11-7-17-28(18-20)16-6-10-19-8-3-2-4-9-19/h2-5,8-9,12-15,20H,6-7,10-11,16-18H2,1H3. The molecule has 1 fully saturated rings. The van der Waals surface area contributed by atoms with E-state index in [4.69, 9.17) is 0 Å². The number of hydrogen-bond acceptors (Lipinski definition) is 4. The summed E-state index contributed by atoms with van der Waals surface area (Å²) in [7, 11) is 1.93. The number of benzene rings is 2. The first-order valence-electron chi connectivity index (χ1n) is 10.5. The van der Waals surface area contributed by atoms with E-state index >= 15 is 0 Å². The molecule has 0 saturated carbocycles. The molecule has 0 aliphatic carbocycles. The quantitative estimate of drug-likeness (QED) is 0.644. The number of aryl methyl sites for hydroxylation is 1. The number of nitrogens with zero attached hydrogens (tertiary/aromatic N) is 4. The summed E-state index contributed by atoms with van der Waals surface area (Å²) in [6.45, 7) is 3.13. The lowest BCUT2D eigenvalue weighted by molar-refractivity contribution is 0.0618. The minimum atomic E-state index is 0.0345. The van der Waals surface area contributed by atoms with Crippen molar-refractivity contribution in [2.45, 2.75) is 31.7 Å². The molecule has 1 aliphatic heterocycles. The normalized spacial score (nSPS) is 17.3. The van der Waals surface area contributed by atoms with E-state index in [1.165, 1.54) is 5.56 Å². The van der Waals surface area contributed by atoms with Crippen LogP contribution in [0.5, 0.6) is 0 Å². The van der Waals surface area contributed by atoms with Crippen molar-refractivity contribution < 1.29 is 4.79 Å². The Morgan fingerprint density at radius 3 is 2.79 bits per heavy atom. The molecular formula is C24H28N4O. The minimum absolute atomic E-state index is 0.0345. The fourth-order valence-electron chi connectivity index (χ4n) is 4.22. The van der Waals surface area contributed by atoms with Crippen molar-refractivity contribution in [2.75, 3.05) is 26.7 Å². The van der Waals surface area contributed by atoms with Gasteiger partial charge in [0.2, 0.25) is 0 Å². The van der Waals surface area contributed by atoms with Crippen LogP contribution in [-0.4, -0.2) is 58.4 Å². The number of para-hydroxylation sites is 1. The summed E-state index contributed by atoms with van der Waals surface area (Å²) in [6.07, 6.45) is 7.73. The van der Waals surface area contributed by atoms with Gasteiger partial charge in [-0.2, -0.15) is 0 Å². The first-order valence-corrected chi connectivity index (χ1v) is 10.5. The van der Waals surface area contributed by atoms with Gasteiger partial charge in [0.1, 0.15) is 5.52 Å². The molecule has 0 bridgehead atoms. The van der Waals surface area contributed by atoms with Crippen molar-refractivity contribution >= 4 is 16.9 Å². The lowest BCUT2D eigenvalue weighted by Gasteiger charge is -2.37. The minimum Gasteiger partial charge on any atom is -0.337 e. The average molecular weight is 389 g/mol. The molecule has 5 heteroatoms. The van der Waals surface area contributed by atoms with Gasteiger partial charge in [-0.05, 0) is 56.5 Å². The maximum Gasteiger partial charge on any atom is 0.256 e. The Morgan fingerprint density at radius 2 is 1.93 bits per heavy atom. The van der Waals surface area contributed by atoms with Gasteiger partial charge >= 0.3 is 0 Å². The molecule has 1 amide bonds. The number of fused-ring (bicyclic) bond motifs is 1. The molecule has 2 heterocycles. The summed E-state index contributed by atoms with van der Waals surface area (Å²) >= 11 is 0. The number of hydrogen-bond donors (Lipinski definition) is 0. The van der Waals surface area contributed by atoms with Crippen molar-refractivity contribution in [1.29, 1.82) is 0 Å². The molecule has 1 saturated heterocycles. The summed E-state index contributed by atoms with van der Waals surface area (Å²) in [5.41, 5.74) is 3.48. The van der Waals surface area contributed by atoms with Crippen LogP contribution in [0.25, 0.3) is 11.0 Å². The second-order valence-corrected chi connectivity index (χ2v) is 7.83. The fraction of sp³-hybridized carbons (Fsp3) is 0.375. The van der Waals surface area contributed by atoms with Gasteiger partial charge in [0.15, 0.2) is 0 Å². The monoisotopic (exact) mass is 388 g/mol. The second-order valence-electron chi connectivity index (χ2n) is 7.83. The summed E-state index contributed by atoms with van der Waals surface area (Å²) in [4.78, 5) is 26.3. The lowest BCUT2D eigenvalue weighted by Crippen LogP contribution is -2.48. The highest BCUT2D eigenvalue weighted by atomic mass is 16.2. The molecule has 4 rings (SSSR count). The summed E-state index contributed by atoms with van der Waals surface area (Å²) in [5.74, 6) is 0.0345. The SMILES string of the molecule is CN(C(=O)c1cccc2nccnc12)C1CCCN(CCCc2ccccc2)C1. The number of likely N-dealkylation sites (N-methyl/N-ethyl adjacent to an activating group) is 1. The van der Waals surface area contributed by atoms with Crippen LogP contribution in [0.1, 0.15) is 35.2 Å². The zero-order chi connectivity index (χ0) is 20.1. The van der Waals surface area contributed by atoms with E-state index in [-0.39, 0.29) is 11.9 Å². The van der Waals surface area contributed by atoms with Gasteiger partial charge in [-0.1, -0.05) is 36.4 Å². The third-order valence-corrected chi connectivity index (χ3v) is 5.86. The van der Waals surface area contributed by atoms with Crippen LogP contribution in [0, 0.1) is 0 Å². The fourth-order valence-corrected chi connectivity index (χ4v) is 4.22. The molecule has 0 N–H and O–H groups in total. The zero-order valence-electron chi connectivity index (χ0n) is 17.0. The molecule has 0 radical (unpaired) electrons. The van der Waals surface area contributed by atoms with Crippen LogP contribution in [0.3, 0.4) is 0 Å². The van der Waals surface area contributed by atoms with E-state index in [0.717, 1.165) is 50.8 Å². The number of piperidine rings is 1. The average Bonchev–Trinajstić information content (AvgIpc) is 2.78. The number of aromatic nitrogens is 2. The van der Waals surface area contributed by atoms with E-state index in [0.29, 0.717) is 11.1 Å². The molecule has 150 valence electrons. The highest BCUT2D eigenvalue weighted by Gasteiger charge is 2.27. The van der Waals surface area contributed by atoms with Crippen LogP contribution in [-0.2, 0) is 6.42 Å². The van der Waals surface area contributed by atoms with Crippen molar-refractivity contribution in [3.05, 3.63) is 72.1 Å². The van der Waals surface area contributed by atoms with Crippen molar-refractivity contribution in [2.24, 2.45) is 0 Å². The first kappa shape index (κ1) is 19.5. The Balaban J connectivity index is 1.38.